The predicted octanol–water partition coefficient (Wildman–Crippen LogP) is 3.04. The first-order chi connectivity index (χ1) is 9.74. The fraction of sp³-hybridized carbons (Fsp3) is 0.875. The molecule has 4 heteroatoms. The van der Waals surface area contributed by atoms with E-state index in [2.05, 4.69) is 36.2 Å². The van der Waals surface area contributed by atoms with E-state index in [1.165, 1.54) is 32.1 Å². The number of hydrogen-bond donors (Lipinski definition) is 1. The number of nitrogens with zero attached hydrogens (tertiary/aromatic N) is 3. The van der Waals surface area contributed by atoms with Crippen molar-refractivity contribution >= 4 is 0 Å². The van der Waals surface area contributed by atoms with Crippen LogP contribution in [0.3, 0.4) is 0 Å². The summed E-state index contributed by atoms with van der Waals surface area (Å²) in [5.74, 6) is 2.86. The normalized spacial score (nSPS) is 24.8. The van der Waals surface area contributed by atoms with Gasteiger partial charge < -0.3 is 5.32 Å². The van der Waals surface area contributed by atoms with E-state index in [-0.39, 0.29) is 0 Å². The Morgan fingerprint density at radius 1 is 1.30 bits per heavy atom. The molecule has 1 saturated carbocycles. The van der Waals surface area contributed by atoms with Crippen molar-refractivity contribution in [2.24, 2.45) is 11.8 Å². The molecule has 1 heterocycles. The van der Waals surface area contributed by atoms with Crippen LogP contribution in [0.5, 0.6) is 0 Å². The van der Waals surface area contributed by atoms with E-state index in [1.54, 1.807) is 6.33 Å². The van der Waals surface area contributed by atoms with Crippen molar-refractivity contribution in [2.45, 2.75) is 71.9 Å². The SMILES string of the molecule is CCCNC(Cc1ncnn1CC)C1CCC(C)CC1. The van der Waals surface area contributed by atoms with E-state index in [0.29, 0.717) is 6.04 Å². The lowest BCUT2D eigenvalue weighted by molar-refractivity contribution is 0.226. The predicted molar refractivity (Wildman–Crippen MR) is 82.6 cm³/mol. The summed E-state index contributed by atoms with van der Waals surface area (Å²) in [6.07, 6.45) is 9.40. The summed E-state index contributed by atoms with van der Waals surface area (Å²) in [4.78, 5) is 4.46. The van der Waals surface area contributed by atoms with Crippen LogP contribution in [0.15, 0.2) is 6.33 Å². The van der Waals surface area contributed by atoms with Crippen molar-refractivity contribution in [3.63, 3.8) is 0 Å². The van der Waals surface area contributed by atoms with Crippen molar-refractivity contribution in [3.8, 4) is 0 Å². The zero-order chi connectivity index (χ0) is 14.4. The van der Waals surface area contributed by atoms with Crippen LogP contribution >= 0.6 is 0 Å². The summed E-state index contributed by atoms with van der Waals surface area (Å²) in [7, 11) is 0. The van der Waals surface area contributed by atoms with E-state index in [9.17, 15) is 0 Å². The third-order valence-corrected chi connectivity index (χ3v) is 4.68. The minimum atomic E-state index is 0.567. The number of rotatable bonds is 7. The van der Waals surface area contributed by atoms with Crippen LogP contribution in [0.2, 0.25) is 0 Å². The van der Waals surface area contributed by atoms with Gasteiger partial charge in [-0.2, -0.15) is 5.10 Å². The monoisotopic (exact) mass is 278 g/mol. The Hall–Kier alpha value is -0.900. The molecule has 1 aromatic heterocycles. The smallest absolute Gasteiger partial charge is 0.138 e. The van der Waals surface area contributed by atoms with Gasteiger partial charge in [-0.25, -0.2) is 4.98 Å². The Morgan fingerprint density at radius 3 is 2.70 bits per heavy atom. The van der Waals surface area contributed by atoms with Crippen molar-refractivity contribution < 1.29 is 0 Å². The molecule has 1 unspecified atom stereocenters. The van der Waals surface area contributed by atoms with Gasteiger partial charge in [0.2, 0.25) is 0 Å². The van der Waals surface area contributed by atoms with E-state index in [1.807, 2.05) is 4.68 Å². The van der Waals surface area contributed by atoms with Gasteiger partial charge in [-0.05, 0) is 44.6 Å². The van der Waals surface area contributed by atoms with Crippen LogP contribution in [-0.4, -0.2) is 27.4 Å². The Labute approximate surface area is 123 Å². The summed E-state index contributed by atoms with van der Waals surface area (Å²) in [5.41, 5.74) is 0. The average Bonchev–Trinajstić information content (AvgIpc) is 2.91. The van der Waals surface area contributed by atoms with Crippen LogP contribution in [0, 0.1) is 11.8 Å². The van der Waals surface area contributed by atoms with Crippen molar-refractivity contribution in [3.05, 3.63) is 12.2 Å². The van der Waals surface area contributed by atoms with E-state index in [4.69, 9.17) is 0 Å². The summed E-state index contributed by atoms with van der Waals surface area (Å²) >= 11 is 0. The molecule has 1 fully saturated rings. The maximum absolute atomic E-state index is 4.46. The van der Waals surface area contributed by atoms with Gasteiger partial charge in [0.05, 0.1) is 0 Å². The van der Waals surface area contributed by atoms with Crippen molar-refractivity contribution in [2.75, 3.05) is 6.54 Å². The van der Waals surface area contributed by atoms with Crippen molar-refractivity contribution in [1.29, 1.82) is 0 Å². The second-order valence-corrected chi connectivity index (χ2v) is 6.28. The van der Waals surface area contributed by atoms with Gasteiger partial charge in [-0.15, -0.1) is 0 Å². The number of aryl methyl sites for hydroxylation is 1. The molecule has 1 aromatic rings. The van der Waals surface area contributed by atoms with Gasteiger partial charge in [-0.3, -0.25) is 4.68 Å². The molecule has 0 amide bonds. The van der Waals surface area contributed by atoms with Crippen LogP contribution in [0.25, 0.3) is 0 Å². The standard InChI is InChI=1S/C16H30N4/c1-4-10-17-15(14-8-6-13(3)7-9-14)11-16-18-12-19-20(16)5-2/h12-15,17H,4-11H2,1-3H3. The molecule has 0 saturated heterocycles. The zero-order valence-electron chi connectivity index (χ0n) is 13.3. The Balaban J connectivity index is 1.99. The lowest BCUT2D eigenvalue weighted by Crippen LogP contribution is -2.40. The molecule has 1 atom stereocenters. The van der Waals surface area contributed by atoms with E-state index < -0.39 is 0 Å². The highest BCUT2D eigenvalue weighted by atomic mass is 15.3. The lowest BCUT2D eigenvalue weighted by atomic mass is 9.78. The Kier molecular flexibility index (Phi) is 6.02. The number of hydrogen-bond acceptors (Lipinski definition) is 3. The highest BCUT2D eigenvalue weighted by Gasteiger charge is 2.26. The summed E-state index contributed by atoms with van der Waals surface area (Å²) in [5, 5.41) is 8.07. The molecular formula is C16H30N4. The van der Waals surface area contributed by atoms with Crippen LogP contribution in [0.1, 0.15) is 58.7 Å². The van der Waals surface area contributed by atoms with Gasteiger partial charge in [0.15, 0.2) is 0 Å². The highest BCUT2D eigenvalue weighted by molar-refractivity contribution is 4.93. The zero-order valence-corrected chi connectivity index (χ0v) is 13.3. The van der Waals surface area contributed by atoms with Gasteiger partial charge in [0, 0.05) is 19.0 Å². The summed E-state index contributed by atoms with van der Waals surface area (Å²) in [6, 6.07) is 0.567. The minimum Gasteiger partial charge on any atom is -0.313 e. The Morgan fingerprint density at radius 2 is 2.05 bits per heavy atom. The molecule has 20 heavy (non-hydrogen) atoms. The fourth-order valence-corrected chi connectivity index (χ4v) is 3.33. The minimum absolute atomic E-state index is 0.567. The molecule has 0 aliphatic heterocycles. The molecule has 4 nitrogen and oxygen atoms in total. The highest BCUT2D eigenvalue weighted by Crippen LogP contribution is 2.31. The molecule has 0 radical (unpaired) electrons. The summed E-state index contributed by atoms with van der Waals surface area (Å²) < 4.78 is 2.03. The molecule has 2 rings (SSSR count). The molecule has 0 bridgehead atoms. The van der Waals surface area contributed by atoms with Gasteiger partial charge in [0.1, 0.15) is 12.2 Å². The lowest BCUT2D eigenvalue weighted by Gasteiger charge is -2.33. The first-order valence-electron chi connectivity index (χ1n) is 8.34. The maximum Gasteiger partial charge on any atom is 0.138 e. The topological polar surface area (TPSA) is 42.7 Å². The second-order valence-electron chi connectivity index (χ2n) is 6.28. The molecule has 0 aromatic carbocycles. The number of nitrogens with one attached hydrogen (secondary N) is 1. The van der Waals surface area contributed by atoms with E-state index >= 15 is 0 Å². The quantitative estimate of drug-likeness (QED) is 0.833. The van der Waals surface area contributed by atoms with Crippen LogP contribution in [0.4, 0.5) is 0 Å². The second kappa shape index (κ2) is 7.77. The molecule has 114 valence electrons. The fourth-order valence-electron chi connectivity index (χ4n) is 3.33. The molecule has 1 aliphatic carbocycles. The third-order valence-electron chi connectivity index (χ3n) is 4.68. The molecule has 0 spiro atoms. The first kappa shape index (κ1) is 15.5. The van der Waals surface area contributed by atoms with E-state index in [0.717, 1.165) is 37.2 Å². The first-order valence-corrected chi connectivity index (χ1v) is 8.34. The maximum atomic E-state index is 4.46. The van der Waals surface area contributed by atoms with Crippen molar-refractivity contribution in [1.82, 2.24) is 20.1 Å². The Bertz CT molecular complexity index is 380. The summed E-state index contributed by atoms with van der Waals surface area (Å²) in [6.45, 7) is 8.78. The largest absolute Gasteiger partial charge is 0.313 e. The van der Waals surface area contributed by atoms with Gasteiger partial charge in [0.25, 0.3) is 0 Å². The van der Waals surface area contributed by atoms with Gasteiger partial charge >= 0.3 is 0 Å². The molecular weight excluding hydrogens is 248 g/mol. The third kappa shape index (κ3) is 4.05. The van der Waals surface area contributed by atoms with Crippen LogP contribution in [-0.2, 0) is 13.0 Å². The number of aromatic nitrogens is 3. The van der Waals surface area contributed by atoms with Crippen LogP contribution < -0.4 is 5.32 Å². The van der Waals surface area contributed by atoms with Gasteiger partial charge in [-0.1, -0.05) is 26.7 Å². The molecule has 1 N–H and O–H groups in total. The average molecular weight is 278 g/mol. The molecule has 1 aliphatic rings.